The van der Waals surface area contributed by atoms with Crippen LogP contribution in [0.25, 0.3) is 0 Å². The third-order valence-corrected chi connectivity index (χ3v) is 7.49. The number of hydrogen-bond acceptors (Lipinski definition) is 12. The summed E-state index contributed by atoms with van der Waals surface area (Å²) in [5.74, 6) is -4.60. The number of aliphatic carboxylic acids is 5. The van der Waals surface area contributed by atoms with Crippen LogP contribution in [0.2, 0.25) is 0 Å². The Hall–Kier alpha value is -5.44. The molecule has 1 atom stereocenters. The first-order valence-corrected chi connectivity index (χ1v) is 17.5. The molecule has 314 valence electrons. The zero-order valence-corrected chi connectivity index (χ0v) is 32.5. The van der Waals surface area contributed by atoms with Crippen LogP contribution in [0.15, 0.2) is 24.8 Å². The number of unbranched alkanes of at least 4 members (excludes halogenated alkanes) is 1. The zero-order chi connectivity index (χ0) is 42.6. The van der Waals surface area contributed by atoms with Gasteiger partial charge in [0.1, 0.15) is 31.5 Å². The van der Waals surface area contributed by atoms with Crippen molar-refractivity contribution in [2.24, 2.45) is 5.73 Å². The number of aromatic nitrogens is 2. The lowest BCUT2D eigenvalue weighted by molar-refractivity contribution is -0.140. The van der Waals surface area contributed by atoms with Gasteiger partial charge >= 0.3 is 35.9 Å². The number of imidazole rings is 1. The molecule has 0 radical (unpaired) electrons. The van der Waals surface area contributed by atoms with Crippen molar-refractivity contribution in [2.75, 3.05) is 32.8 Å². The molecule has 0 aliphatic carbocycles. The van der Waals surface area contributed by atoms with E-state index in [-0.39, 0.29) is 43.8 Å². The SMILES string of the molecule is CCC(=O)O.CCN(Cc1nccn1CC(=O)O)C(C)(C)CCOC(C)(C)CC(=O)NCCCCC(NC(=O)NCC(=O)O)C(=O)O.N/C=C\NCC(=O)O. The zero-order valence-electron chi connectivity index (χ0n) is 32.5. The largest absolute Gasteiger partial charge is 0.481 e. The molecule has 21 heteroatoms. The number of nitrogens with one attached hydrogen (secondary N) is 4. The van der Waals surface area contributed by atoms with Crippen molar-refractivity contribution in [3.63, 3.8) is 0 Å². The van der Waals surface area contributed by atoms with E-state index in [0.29, 0.717) is 44.8 Å². The molecule has 0 aliphatic rings. The first-order valence-electron chi connectivity index (χ1n) is 17.5. The van der Waals surface area contributed by atoms with Gasteiger partial charge in [-0.15, -0.1) is 0 Å². The molecule has 0 aromatic carbocycles. The van der Waals surface area contributed by atoms with Crippen molar-refractivity contribution in [2.45, 2.75) is 110 Å². The van der Waals surface area contributed by atoms with Crippen LogP contribution < -0.4 is 27.0 Å². The van der Waals surface area contributed by atoms with Crippen molar-refractivity contribution in [1.29, 1.82) is 0 Å². The molecule has 11 N–H and O–H groups in total. The predicted octanol–water partition coefficient (Wildman–Crippen LogP) is 0.839. The maximum absolute atomic E-state index is 12.5. The van der Waals surface area contributed by atoms with Crippen LogP contribution in [0.4, 0.5) is 4.79 Å². The van der Waals surface area contributed by atoms with Gasteiger partial charge in [-0.05, 0) is 59.9 Å². The molecule has 0 saturated carbocycles. The lowest BCUT2D eigenvalue weighted by atomic mass is 9.97. The summed E-state index contributed by atoms with van der Waals surface area (Å²) in [4.78, 5) is 82.7. The minimum atomic E-state index is -1.25. The van der Waals surface area contributed by atoms with Crippen molar-refractivity contribution in [3.8, 4) is 0 Å². The second-order valence-electron chi connectivity index (χ2n) is 13.1. The van der Waals surface area contributed by atoms with Crippen LogP contribution in [0, 0.1) is 0 Å². The second kappa shape index (κ2) is 28.1. The minimum absolute atomic E-state index is 0.0896. The molecular weight excluding hydrogens is 728 g/mol. The van der Waals surface area contributed by atoms with Crippen LogP contribution in [0.1, 0.15) is 85.9 Å². The fourth-order valence-corrected chi connectivity index (χ4v) is 4.48. The monoisotopic (exact) mass is 788 g/mol. The highest BCUT2D eigenvalue weighted by Gasteiger charge is 2.29. The summed E-state index contributed by atoms with van der Waals surface area (Å²) in [6, 6.07) is -2.06. The lowest BCUT2D eigenvalue weighted by Crippen LogP contribution is -2.47. The Bertz CT molecular complexity index is 1380. The van der Waals surface area contributed by atoms with Crippen LogP contribution in [0.5, 0.6) is 0 Å². The van der Waals surface area contributed by atoms with E-state index in [2.05, 4.69) is 39.7 Å². The molecule has 1 aromatic heterocycles. The van der Waals surface area contributed by atoms with Gasteiger partial charge < -0.3 is 61.8 Å². The van der Waals surface area contributed by atoms with E-state index in [9.17, 15) is 38.7 Å². The van der Waals surface area contributed by atoms with Crippen LogP contribution in [-0.4, -0.2) is 132 Å². The van der Waals surface area contributed by atoms with Gasteiger partial charge in [-0.25, -0.2) is 14.6 Å². The first kappa shape index (κ1) is 51.7. The molecule has 1 heterocycles. The summed E-state index contributed by atoms with van der Waals surface area (Å²) in [6.07, 6.45) is 7.88. The quantitative estimate of drug-likeness (QED) is 0.0614. The average Bonchev–Trinajstić information content (AvgIpc) is 3.50. The molecule has 1 rings (SSSR count). The average molecular weight is 789 g/mol. The van der Waals surface area contributed by atoms with Gasteiger partial charge in [0, 0.05) is 49.9 Å². The van der Waals surface area contributed by atoms with Gasteiger partial charge in [-0.3, -0.25) is 28.9 Å². The van der Waals surface area contributed by atoms with Crippen molar-refractivity contribution < 1.29 is 63.8 Å². The predicted molar refractivity (Wildman–Crippen MR) is 199 cm³/mol. The smallest absolute Gasteiger partial charge is 0.326 e. The lowest BCUT2D eigenvalue weighted by Gasteiger charge is -2.38. The van der Waals surface area contributed by atoms with E-state index < -0.39 is 54.1 Å². The normalized spacial score (nSPS) is 11.6. The van der Waals surface area contributed by atoms with E-state index in [0.717, 1.165) is 6.54 Å². The summed E-state index contributed by atoms with van der Waals surface area (Å²) in [5, 5.41) is 52.2. The second-order valence-corrected chi connectivity index (χ2v) is 13.1. The van der Waals surface area contributed by atoms with Crippen molar-refractivity contribution in [3.05, 3.63) is 30.6 Å². The van der Waals surface area contributed by atoms with Gasteiger partial charge in [0.25, 0.3) is 0 Å². The molecule has 21 nitrogen and oxygen atoms in total. The Morgan fingerprint density at radius 3 is 2.05 bits per heavy atom. The number of rotatable bonds is 25. The van der Waals surface area contributed by atoms with Gasteiger partial charge in [-0.1, -0.05) is 13.8 Å². The fourth-order valence-electron chi connectivity index (χ4n) is 4.48. The number of nitrogens with two attached hydrogens (primary N) is 1. The highest BCUT2D eigenvalue weighted by molar-refractivity contribution is 5.84. The number of urea groups is 1. The number of carbonyl (C=O) groups excluding carboxylic acids is 2. The molecule has 0 spiro atoms. The van der Waals surface area contributed by atoms with Gasteiger partial charge in [-0.2, -0.15) is 0 Å². The molecule has 1 aromatic rings. The molecule has 0 bridgehead atoms. The third-order valence-electron chi connectivity index (χ3n) is 7.49. The minimum Gasteiger partial charge on any atom is -0.481 e. The van der Waals surface area contributed by atoms with E-state index in [1.807, 2.05) is 26.1 Å². The Kier molecular flexibility index (Phi) is 26.4. The maximum Gasteiger partial charge on any atom is 0.326 e. The highest BCUT2D eigenvalue weighted by Crippen LogP contribution is 2.23. The summed E-state index contributed by atoms with van der Waals surface area (Å²) >= 11 is 0. The summed E-state index contributed by atoms with van der Waals surface area (Å²) in [5.41, 5.74) is 3.87. The fraction of sp³-hybridized carbons (Fsp3) is 0.647. The number of carboxylic acid groups (broad SMARTS) is 5. The number of nitrogens with zero attached hydrogens (tertiary/aromatic N) is 3. The Morgan fingerprint density at radius 1 is 0.927 bits per heavy atom. The number of carbonyl (C=O) groups is 7. The van der Waals surface area contributed by atoms with E-state index in [4.69, 9.17) is 30.9 Å². The van der Waals surface area contributed by atoms with E-state index >= 15 is 0 Å². The molecule has 0 aliphatic heterocycles. The Balaban J connectivity index is 0. The summed E-state index contributed by atoms with van der Waals surface area (Å²) < 4.78 is 7.68. The molecule has 0 saturated heterocycles. The van der Waals surface area contributed by atoms with Gasteiger partial charge in [0.2, 0.25) is 5.91 Å². The van der Waals surface area contributed by atoms with E-state index in [1.54, 1.807) is 23.9 Å². The van der Waals surface area contributed by atoms with Crippen molar-refractivity contribution in [1.82, 2.24) is 35.7 Å². The van der Waals surface area contributed by atoms with E-state index in [1.165, 1.54) is 12.4 Å². The molecule has 3 amide bonds. The number of hydrogen-bond donors (Lipinski definition) is 10. The van der Waals surface area contributed by atoms with Crippen molar-refractivity contribution >= 4 is 41.8 Å². The van der Waals surface area contributed by atoms with Crippen LogP contribution >= 0.6 is 0 Å². The maximum atomic E-state index is 12.5. The standard InChI is InChI=1S/C27H46N6O9.C4H8N2O2.C3H6O2/c1-6-33(17-20-28-12-13-32(20)18-23(37)38)26(2,3)10-14-42-27(4,5)15-21(34)29-11-8-7-9-19(24(39)40)31-25(41)30-16-22(35)36;5-1-2-6-3-4(7)8;1-2-3(4)5/h12-13,19H,6-11,14-18H2,1-5H3,(H,29,34)(H,35,36)(H,37,38)(H,39,40)(H2,30,31,41);1-2,6H,3,5H2,(H,7,8);2H2,1H3,(H,4,5)/b;2-1-;. The molecule has 55 heavy (non-hydrogen) atoms. The molecule has 1 unspecified atom stereocenters. The van der Waals surface area contributed by atoms with Gasteiger partial charge in [0.15, 0.2) is 0 Å². The number of carboxylic acids is 5. The first-order chi connectivity index (χ1) is 25.6. The topological polar surface area (TPSA) is 325 Å². The third kappa shape index (κ3) is 27.8. The molecular formula is C34H60N8O13. The van der Waals surface area contributed by atoms with Crippen LogP contribution in [-0.2, 0) is 46.6 Å². The highest BCUT2D eigenvalue weighted by atomic mass is 16.5. The summed E-state index contributed by atoms with van der Waals surface area (Å²) in [6.45, 7) is 12.5. The Morgan fingerprint density at radius 2 is 1.55 bits per heavy atom. The number of amides is 3. The summed E-state index contributed by atoms with van der Waals surface area (Å²) in [7, 11) is 0. The van der Waals surface area contributed by atoms with Crippen LogP contribution in [0.3, 0.4) is 0 Å². The molecule has 0 fully saturated rings. The Labute approximate surface area is 320 Å². The van der Waals surface area contributed by atoms with Gasteiger partial charge in [0.05, 0.1) is 18.6 Å². The number of ether oxygens (including phenoxy) is 1.